The smallest absolute Gasteiger partial charge is 0.0718 e. The maximum atomic E-state index is 9.70. The Hall–Kier alpha value is -0.160. The van der Waals surface area contributed by atoms with Gasteiger partial charge in [-0.2, -0.15) is 0 Å². The Morgan fingerprint density at radius 2 is 1.67 bits per heavy atom. The minimum Gasteiger partial charge on any atom is -0.389 e. The van der Waals surface area contributed by atoms with Crippen LogP contribution in [0.2, 0.25) is 0 Å². The number of ether oxygens (including phenoxy) is 1. The molecule has 1 saturated heterocycles. The van der Waals surface area contributed by atoms with Gasteiger partial charge in [-0.25, -0.2) is 0 Å². The molecule has 4 nitrogen and oxygen atoms in total. The van der Waals surface area contributed by atoms with Crippen molar-refractivity contribution >= 4 is 0 Å². The highest BCUT2D eigenvalue weighted by Crippen LogP contribution is 2.08. The minimum atomic E-state index is -0.575. The molecule has 1 aliphatic heterocycles. The lowest BCUT2D eigenvalue weighted by Gasteiger charge is -2.37. The van der Waals surface area contributed by atoms with Gasteiger partial charge in [-0.05, 0) is 13.8 Å². The van der Waals surface area contributed by atoms with Crippen molar-refractivity contribution in [3.63, 3.8) is 0 Å². The Labute approximate surface area is 92.8 Å². The molecule has 1 aliphatic rings. The molecule has 0 atom stereocenters. The zero-order valence-corrected chi connectivity index (χ0v) is 10.2. The highest BCUT2D eigenvalue weighted by molar-refractivity contribution is 4.77. The number of rotatable bonds is 5. The van der Waals surface area contributed by atoms with E-state index in [4.69, 9.17) is 4.74 Å². The van der Waals surface area contributed by atoms with Gasteiger partial charge in [-0.3, -0.25) is 9.80 Å². The van der Waals surface area contributed by atoms with Gasteiger partial charge < -0.3 is 9.84 Å². The van der Waals surface area contributed by atoms with E-state index in [1.54, 1.807) is 7.11 Å². The zero-order chi connectivity index (χ0) is 11.3. The molecule has 0 unspecified atom stereocenters. The van der Waals surface area contributed by atoms with Crippen LogP contribution >= 0.6 is 0 Å². The number of hydrogen-bond acceptors (Lipinski definition) is 4. The summed E-state index contributed by atoms with van der Waals surface area (Å²) in [7, 11) is 1.74. The fourth-order valence-corrected chi connectivity index (χ4v) is 1.94. The highest BCUT2D eigenvalue weighted by Gasteiger charge is 2.22. The van der Waals surface area contributed by atoms with E-state index in [0.717, 1.165) is 45.9 Å². The molecule has 1 fully saturated rings. The van der Waals surface area contributed by atoms with E-state index in [2.05, 4.69) is 9.80 Å². The molecule has 90 valence electrons. The SMILES string of the molecule is COCCN1CCN(CC(C)(C)O)CC1. The minimum absolute atomic E-state index is 0.575. The van der Waals surface area contributed by atoms with Crippen molar-refractivity contribution in [2.24, 2.45) is 0 Å². The summed E-state index contributed by atoms with van der Waals surface area (Å²) in [4.78, 5) is 4.73. The molecule has 0 amide bonds. The van der Waals surface area contributed by atoms with Crippen molar-refractivity contribution in [1.29, 1.82) is 0 Å². The Kier molecular flexibility index (Phi) is 4.99. The van der Waals surface area contributed by atoms with Gasteiger partial charge in [0.1, 0.15) is 0 Å². The first-order valence-corrected chi connectivity index (χ1v) is 5.67. The molecular formula is C11H24N2O2. The normalized spacial score (nSPS) is 20.8. The summed E-state index contributed by atoms with van der Waals surface area (Å²) < 4.78 is 5.06. The molecule has 0 aromatic heterocycles. The summed E-state index contributed by atoms with van der Waals surface area (Å²) >= 11 is 0. The highest BCUT2D eigenvalue weighted by atomic mass is 16.5. The van der Waals surface area contributed by atoms with Crippen LogP contribution in [0.15, 0.2) is 0 Å². The van der Waals surface area contributed by atoms with Crippen LogP contribution in [0.25, 0.3) is 0 Å². The van der Waals surface area contributed by atoms with Crippen molar-refractivity contribution in [3.05, 3.63) is 0 Å². The lowest BCUT2D eigenvalue weighted by atomic mass is 10.1. The lowest BCUT2D eigenvalue weighted by molar-refractivity contribution is 0.0145. The van der Waals surface area contributed by atoms with Crippen molar-refractivity contribution in [2.45, 2.75) is 19.4 Å². The second kappa shape index (κ2) is 5.80. The average molecular weight is 216 g/mol. The van der Waals surface area contributed by atoms with Crippen LogP contribution in [0, 0.1) is 0 Å². The molecule has 0 spiro atoms. The number of hydrogen-bond donors (Lipinski definition) is 1. The van der Waals surface area contributed by atoms with E-state index in [0.29, 0.717) is 0 Å². The molecule has 15 heavy (non-hydrogen) atoms. The van der Waals surface area contributed by atoms with Crippen LogP contribution in [0.5, 0.6) is 0 Å². The van der Waals surface area contributed by atoms with Gasteiger partial charge >= 0.3 is 0 Å². The molecule has 1 N–H and O–H groups in total. The third-order valence-corrected chi connectivity index (χ3v) is 2.69. The number of piperazine rings is 1. The summed E-state index contributed by atoms with van der Waals surface area (Å²) in [5, 5.41) is 9.70. The maximum absolute atomic E-state index is 9.70. The number of β-amino-alcohol motifs (C(OH)–C–C–N with tert-alkyl or cyclic N) is 1. The van der Waals surface area contributed by atoms with Crippen LogP contribution in [0.3, 0.4) is 0 Å². The summed E-state index contributed by atoms with van der Waals surface area (Å²) in [5.41, 5.74) is -0.575. The predicted octanol–water partition coefficient (Wildman–Crippen LogP) is 0.0213. The van der Waals surface area contributed by atoms with E-state index in [1.807, 2.05) is 13.8 Å². The second-order valence-corrected chi connectivity index (χ2v) is 4.92. The molecule has 0 aromatic rings. The van der Waals surface area contributed by atoms with Crippen LogP contribution in [0.1, 0.15) is 13.8 Å². The predicted molar refractivity (Wildman–Crippen MR) is 61.1 cm³/mol. The molecule has 0 radical (unpaired) electrons. The van der Waals surface area contributed by atoms with Gasteiger partial charge in [0.2, 0.25) is 0 Å². The van der Waals surface area contributed by atoms with Gasteiger partial charge in [-0.15, -0.1) is 0 Å². The molecule has 0 bridgehead atoms. The van der Waals surface area contributed by atoms with Crippen molar-refractivity contribution in [1.82, 2.24) is 9.80 Å². The van der Waals surface area contributed by atoms with Crippen molar-refractivity contribution in [3.8, 4) is 0 Å². The van der Waals surface area contributed by atoms with E-state index < -0.39 is 5.60 Å². The third-order valence-electron chi connectivity index (χ3n) is 2.69. The number of aliphatic hydroxyl groups is 1. The van der Waals surface area contributed by atoms with Gasteiger partial charge in [0.15, 0.2) is 0 Å². The van der Waals surface area contributed by atoms with E-state index in [-0.39, 0.29) is 0 Å². The standard InChI is InChI=1S/C11H24N2O2/c1-11(2,14)10-13-6-4-12(5-7-13)8-9-15-3/h14H,4-10H2,1-3H3. The quantitative estimate of drug-likeness (QED) is 0.703. The molecule has 0 aromatic carbocycles. The molecule has 0 aliphatic carbocycles. The Bertz CT molecular complexity index is 172. The first-order valence-electron chi connectivity index (χ1n) is 5.67. The average Bonchev–Trinajstić information content (AvgIpc) is 2.14. The number of nitrogens with zero attached hydrogens (tertiary/aromatic N) is 2. The summed E-state index contributed by atoms with van der Waals surface area (Å²) in [6, 6.07) is 0. The zero-order valence-electron chi connectivity index (χ0n) is 10.2. The second-order valence-electron chi connectivity index (χ2n) is 4.92. The van der Waals surface area contributed by atoms with E-state index in [1.165, 1.54) is 0 Å². The lowest BCUT2D eigenvalue weighted by Crippen LogP contribution is -2.50. The van der Waals surface area contributed by atoms with Gasteiger partial charge in [0, 0.05) is 46.4 Å². The van der Waals surface area contributed by atoms with Crippen LogP contribution in [0.4, 0.5) is 0 Å². The number of methoxy groups -OCH3 is 1. The topological polar surface area (TPSA) is 35.9 Å². The molecule has 1 rings (SSSR count). The van der Waals surface area contributed by atoms with Gasteiger partial charge in [0.05, 0.1) is 12.2 Å². The van der Waals surface area contributed by atoms with Crippen LogP contribution < -0.4 is 0 Å². The monoisotopic (exact) mass is 216 g/mol. The fraction of sp³-hybridized carbons (Fsp3) is 1.00. The molecule has 0 saturated carbocycles. The Morgan fingerprint density at radius 1 is 1.13 bits per heavy atom. The van der Waals surface area contributed by atoms with E-state index >= 15 is 0 Å². The van der Waals surface area contributed by atoms with Gasteiger partial charge in [-0.1, -0.05) is 0 Å². The Morgan fingerprint density at radius 3 is 2.13 bits per heavy atom. The largest absolute Gasteiger partial charge is 0.389 e. The van der Waals surface area contributed by atoms with Crippen LogP contribution in [-0.2, 0) is 4.74 Å². The Balaban J connectivity index is 2.18. The third kappa shape index (κ3) is 5.47. The first kappa shape index (κ1) is 12.9. The summed E-state index contributed by atoms with van der Waals surface area (Å²) in [5.74, 6) is 0. The van der Waals surface area contributed by atoms with Crippen molar-refractivity contribution < 1.29 is 9.84 Å². The molecule has 4 heteroatoms. The molecule has 1 heterocycles. The van der Waals surface area contributed by atoms with Gasteiger partial charge in [0.25, 0.3) is 0 Å². The summed E-state index contributed by atoms with van der Waals surface area (Å²) in [6.45, 7) is 10.6. The summed E-state index contributed by atoms with van der Waals surface area (Å²) in [6.07, 6.45) is 0. The fourth-order valence-electron chi connectivity index (χ4n) is 1.94. The van der Waals surface area contributed by atoms with Crippen LogP contribution in [-0.4, -0.2) is 73.5 Å². The maximum Gasteiger partial charge on any atom is 0.0718 e. The van der Waals surface area contributed by atoms with Crippen molar-refractivity contribution in [2.75, 3.05) is 53.0 Å². The first-order chi connectivity index (χ1) is 7.01. The van der Waals surface area contributed by atoms with E-state index in [9.17, 15) is 5.11 Å². The molecular weight excluding hydrogens is 192 g/mol.